The van der Waals surface area contributed by atoms with Crippen LogP contribution < -0.4 is 30.7 Å². The third-order valence-corrected chi connectivity index (χ3v) is 7.90. The number of halogens is 1. The molecule has 0 aliphatic carbocycles. The van der Waals surface area contributed by atoms with Gasteiger partial charge in [-0.25, -0.2) is 13.4 Å². The number of primary amides is 1. The fraction of sp³-hybridized carbons (Fsp3) is 0.321. The van der Waals surface area contributed by atoms with Crippen LogP contribution in [-0.4, -0.2) is 76.3 Å². The number of nitrogens with zero attached hydrogens (tertiary/aromatic N) is 4. The third-order valence-electron chi connectivity index (χ3n) is 6.14. The number of para-hydroxylation sites is 2. The van der Waals surface area contributed by atoms with Gasteiger partial charge < -0.3 is 30.9 Å². The highest BCUT2D eigenvalue weighted by Gasteiger charge is 2.20. The van der Waals surface area contributed by atoms with Gasteiger partial charge in [0.05, 0.1) is 36.1 Å². The van der Waals surface area contributed by atoms with E-state index in [1.807, 2.05) is 30.9 Å². The predicted molar refractivity (Wildman–Crippen MR) is 171 cm³/mol. The molecule has 1 heterocycles. The molecule has 1 amide bonds. The maximum atomic E-state index is 12.4. The number of rotatable bonds is 15. The molecule has 0 aliphatic rings. The second-order valence-electron chi connectivity index (χ2n) is 9.74. The Bertz CT molecular complexity index is 1550. The number of aromatic nitrogens is 2. The van der Waals surface area contributed by atoms with Crippen LogP contribution in [0.5, 0.6) is 5.75 Å². The van der Waals surface area contributed by atoms with Crippen LogP contribution in [-0.2, 0) is 14.8 Å². The Hall–Kier alpha value is -4.07. The minimum atomic E-state index is -3.53. The summed E-state index contributed by atoms with van der Waals surface area (Å²) in [6.07, 6.45) is 1.88. The Morgan fingerprint density at radius 1 is 1.10 bits per heavy atom. The minimum absolute atomic E-state index is 0.0140. The van der Waals surface area contributed by atoms with Crippen molar-refractivity contribution < 1.29 is 17.9 Å². The molecular weight excluding hydrogens is 580 g/mol. The van der Waals surface area contributed by atoms with Crippen molar-refractivity contribution in [2.75, 3.05) is 67.4 Å². The van der Waals surface area contributed by atoms with Gasteiger partial charge in [0.2, 0.25) is 21.9 Å². The Balaban J connectivity index is 1.98. The highest BCUT2D eigenvalue weighted by atomic mass is 35.5. The highest BCUT2D eigenvalue weighted by molar-refractivity contribution is 7.92. The lowest BCUT2D eigenvalue weighted by atomic mass is 10.0. The van der Waals surface area contributed by atoms with Crippen molar-refractivity contribution in [3.05, 3.63) is 59.8 Å². The zero-order valence-electron chi connectivity index (χ0n) is 24.4. The van der Waals surface area contributed by atoms with Gasteiger partial charge in [-0.1, -0.05) is 37.2 Å². The van der Waals surface area contributed by atoms with Crippen LogP contribution in [0.2, 0.25) is 5.02 Å². The maximum absolute atomic E-state index is 12.4. The van der Waals surface area contributed by atoms with E-state index in [1.165, 1.54) is 13.3 Å². The molecular formula is C28H37ClN8O4S. The zero-order chi connectivity index (χ0) is 31.0. The van der Waals surface area contributed by atoms with E-state index >= 15 is 0 Å². The first-order valence-corrected chi connectivity index (χ1v) is 15.1. The molecule has 2 aromatic carbocycles. The molecule has 3 rings (SSSR count). The number of nitrogens with two attached hydrogens (primary N) is 1. The van der Waals surface area contributed by atoms with Gasteiger partial charge >= 0.3 is 0 Å². The molecule has 5 N–H and O–H groups in total. The molecule has 1 aromatic heterocycles. The van der Waals surface area contributed by atoms with Crippen LogP contribution in [0.4, 0.5) is 34.5 Å². The van der Waals surface area contributed by atoms with E-state index in [-0.39, 0.29) is 28.1 Å². The lowest BCUT2D eigenvalue weighted by Crippen LogP contribution is -2.29. The Morgan fingerprint density at radius 3 is 2.40 bits per heavy atom. The van der Waals surface area contributed by atoms with Crippen LogP contribution in [0.1, 0.15) is 18.9 Å². The molecule has 14 heteroatoms. The summed E-state index contributed by atoms with van der Waals surface area (Å²) in [4.78, 5) is 24.9. The van der Waals surface area contributed by atoms with E-state index < -0.39 is 15.9 Å². The van der Waals surface area contributed by atoms with Crippen molar-refractivity contribution in [1.29, 1.82) is 0 Å². The quantitative estimate of drug-likeness (QED) is 0.182. The highest BCUT2D eigenvalue weighted by Crippen LogP contribution is 2.38. The number of amides is 1. The average molecular weight is 617 g/mol. The molecule has 12 nitrogen and oxygen atoms in total. The van der Waals surface area contributed by atoms with E-state index in [4.69, 9.17) is 22.1 Å². The number of benzene rings is 2. The number of anilines is 6. The number of nitrogens with one attached hydrogen (secondary N) is 3. The van der Waals surface area contributed by atoms with E-state index in [0.29, 0.717) is 47.0 Å². The van der Waals surface area contributed by atoms with E-state index in [1.54, 1.807) is 43.3 Å². The number of methoxy groups -OCH3 is 1. The van der Waals surface area contributed by atoms with Crippen molar-refractivity contribution >= 4 is 67.6 Å². The standard InChI is InChI=1S/C28H37ClN8O4S/c1-7-14-42(39,40)35-22-11-9-8-10-21(22)32-27-20(29)17-31-28(34-27)33-23-15-19(18(2)26(30)38)24(16-25(23)41-6)37(5)13-12-36(3)4/h8-11,15-17,35H,2,7,12-14H2,1,3-6H3,(H2,30,38)(H2,31,32,33,34). The summed E-state index contributed by atoms with van der Waals surface area (Å²) in [5.74, 6) is 0.188. The van der Waals surface area contributed by atoms with Crippen molar-refractivity contribution in [1.82, 2.24) is 14.9 Å². The molecule has 0 saturated heterocycles. The first-order valence-electron chi connectivity index (χ1n) is 13.1. The SMILES string of the molecule is C=C(C(N)=O)c1cc(Nc2ncc(Cl)c(Nc3ccccc3NS(=O)(=O)CCC)n2)c(OC)cc1N(C)CCN(C)C. The molecule has 0 radical (unpaired) electrons. The number of carbonyl (C=O) groups is 1. The van der Waals surface area contributed by atoms with Crippen molar-refractivity contribution in [2.45, 2.75) is 13.3 Å². The molecule has 0 fully saturated rings. The lowest BCUT2D eigenvalue weighted by Gasteiger charge is -2.26. The number of likely N-dealkylation sites (N-methyl/N-ethyl adjacent to an activating group) is 2. The second-order valence-corrected chi connectivity index (χ2v) is 12.0. The van der Waals surface area contributed by atoms with Crippen molar-refractivity contribution in [2.24, 2.45) is 5.73 Å². The number of hydrogen-bond donors (Lipinski definition) is 4. The molecule has 226 valence electrons. The molecule has 3 aromatic rings. The van der Waals surface area contributed by atoms with Crippen LogP contribution >= 0.6 is 11.6 Å². The van der Waals surface area contributed by atoms with Gasteiger partial charge in [-0.05, 0) is 38.7 Å². The van der Waals surface area contributed by atoms with Crippen LogP contribution in [0.25, 0.3) is 5.57 Å². The van der Waals surface area contributed by atoms with Crippen LogP contribution in [0.3, 0.4) is 0 Å². The van der Waals surface area contributed by atoms with Crippen molar-refractivity contribution in [3.8, 4) is 5.75 Å². The number of sulfonamides is 1. The normalized spacial score (nSPS) is 11.2. The Morgan fingerprint density at radius 2 is 1.79 bits per heavy atom. The molecule has 0 aliphatic heterocycles. The summed E-state index contributed by atoms with van der Waals surface area (Å²) < 4.78 is 33.0. The van der Waals surface area contributed by atoms with Crippen molar-refractivity contribution in [3.63, 3.8) is 0 Å². The largest absolute Gasteiger partial charge is 0.494 e. The van der Waals surface area contributed by atoms with Crippen LogP contribution in [0.15, 0.2) is 49.2 Å². The summed E-state index contributed by atoms with van der Waals surface area (Å²) in [5, 5.41) is 6.41. The second kappa shape index (κ2) is 14.2. The third kappa shape index (κ3) is 8.47. The van der Waals surface area contributed by atoms with Crippen LogP contribution in [0, 0.1) is 0 Å². The molecule has 0 atom stereocenters. The number of ether oxygens (including phenoxy) is 1. The summed E-state index contributed by atoms with van der Waals surface area (Å²) in [6, 6.07) is 10.3. The van der Waals surface area contributed by atoms with Gasteiger partial charge in [-0.2, -0.15) is 4.98 Å². The summed E-state index contributed by atoms with van der Waals surface area (Å²) >= 11 is 6.40. The monoisotopic (exact) mass is 616 g/mol. The minimum Gasteiger partial charge on any atom is -0.494 e. The fourth-order valence-corrected chi connectivity index (χ4v) is 5.22. The van der Waals surface area contributed by atoms with Gasteiger partial charge in [-0.3, -0.25) is 9.52 Å². The summed E-state index contributed by atoms with van der Waals surface area (Å²) in [5.41, 5.74) is 8.23. The first-order chi connectivity index (χ1) is 19.8. The van der Waals surface area contributed by atoms with E-state index in [9.17, 15) is 13.2 Å². The Kier molecular flexibility index (Phi) is 11.0. The molecule has 42 heavy (non-hydrogen) atoms. The smallest absolute Gasteiger partial charge is 0.248 e. The lowest BCUT2D eigenvalue weighted by molar-refractivity contribution is -0.112. The van der Waals surface area contributed by atoms with Gasteiger partial charge in [0.25, 0.3) is 0 Å². The molecule has 0 spiro atoms. The molecule has 0 bridgehead atoms. The maximum Gasteiger partial charge on any atom is 0.248 e. The topological polar surface area (TPSA) is 155 Å². The van der Waals surface area contributed by atoms with Gasteiger partial charge in [0.1, 0.15) is 10.8 Å². The summed E-state index contributed by atoms with van der Waals surface area (Å²) in [7, 11) is 3.86. The Labute approximate surface area is 252 Å². The predicted octanol–water partition coefficient (Wildman–Crippen LogP) is 4.27. The van der Waals surface area contributed by atoms with Gasteiger partial charge in [-0.15, -0.1) is 0 Å². The number of carbonyl (C=O) groups excluding carboxylic acids is 1. The number of hydrogen-bond acceptors (Lipinski definition) is 10. The van der Waals surface area contributed by atoms with Gasteiger partial charge in [0.15, 0.2) is 5.82 Å². The first kappa shape index (κ1) is 32.4. The van der Waals surface area contributed by atoms with E-state index in [0.717, 1.165) is 6.54 Å². The molecule has 0 saturated carbocycles. The zero-order valence-corrected chi connectivity index (χ0v) is 25.9. The van der Waals surface area contributed by atoms with E-state index in [2.05, 4.69) is 31.9 Å². The van der Waals surface area contributed by atoms with Gasteiger partial charge in [0, 0.05) is 43.0 Å². The molecule has 0 unspecified atom stereocenters. The summed E-state index contributed by atoms with van der Waals surface area (Å²) in [6.45, 7) is 7.14. The average Bonchev–Trinajstić information content (AvgIpc) is 2.93. The fourth-order valence-electron chi connectivity index (χ4n) is 3.93.